The van der Waals surface area contributed by atoms with E-state index in [4.69, 9.17) is 0 Å². The molecule has 96 valence electrons. The first-order valence-corrected chi connectivity index (χ1v) is 6.33. The Morgan fingerprint density at radius 3 is 2.72 bits per heavy atom. The van der Waals surface area contributed by atoms with Gasteiger partial charge in [-0.3, -0.25) is 9.67 Å². The molecule has 0 bridgehead atoms. The predicted octanol–water partition coefficient (Wildman–Crippen LogP) is 2.02. The van der Waals surface area contributed by atoms with Gasteiger partial charge in [0.25, 0.3) is 0 Å². The zero-order valence-electron chi connectivity index (χ0n) is 11.2. The van der Waals surface area contributed by atoms with Crippen molar-refractivity contribution in [1.29, 1.82) is 0 Å². The highest BCUT2D eigenvalue weighted by Gasteiger charge is 2.12. The fraction of sp³-hybridized carbons (Fsp3) is 0.429. The molecule has 4 heteroatoms. The Labute approximate surface area is 108 Å². The lowest BCUT2D eigenvalue weighted by molar-refractivity contribution is 0.538. The van der Waals surface area contributed by atoms with Gasteiger partial charge in [0.05, 0.1) is 5.69 Å². The first kappa shape index (κ1) is 12.8. The van der Waals surface area contributed by atoms with Gasteiger partial charge in [-0.05, 0) is 31.2 Å². The summed E-state index contributed by atoms with van der Waals surface area (Å²) >= 11 is 0. The number of aromatic nitrogens is 3. The van der Waals surface area contributed by atoms with Crippen molar-refractivity contribution in [3.05, 3.63) is 47.5 Å². The SMILES string of the molecule is CCNC(Cc1ccn(C)n1)c1ccc(C)nc1. The van der Waals surface area contributed by atoms with Crippen LogP contribution in [0, 0.1) is 6.92 Å². The van der Waals surface area contributed by atoms with E-state index >= 15 is 0 Å². The van der Waals surface area contributed by atoms with E-state index < -0.39 is 0 Å². The summed E-state index contributed by atoms with van der Waals surface area (Å²) in [6.45, 7) is 5.06. The molecule has 0 aliphatic rings. The van der Waals surface area contributed by atoms with Gasteiger partial charge in [-0.25, -0.2) is 0 Å². The number of hydrogen-bond acceptors (Lipinski definition) is 3. The zero-order chi connectivity index (χ0) is 13.0. The highest BCUT2D eigenvalue weighted by Crippen LogP contribution is 2.17. The molecule has 0 aliphatic heterocycles. The first-order chi connectivity index (χ1) is 8.69. The number of likely N-dealkylation sites (N-methyl/N-ethyl adjacent to an activating group) is 1. The fourth-order valence-corrected chi connectivity index (χ4v) is 2.02. The van der Waals surface area contributed by atoms with E-state index in [0.29, 0.717) is 0 Å². The van der Waals surface area contributed by atoms with Gasteiger partial charge >= 0.3 is 0 Å². The van der Waals surface area contributed by atoms with Gasteiger partial charge in [-0.15, -0.1) is 0 Å². The molecule has 2 aromatic rings. The summed E-state index contributed by atoms with van der Waals surface area (Å²) in [6.07, 6.45) is 4.82. The number of hydrogen-bond donors (Lipinski definition) is 1. The quantitative estimate of drug-likeness (QED) is 0.875. The Morgan fingerprint density at radius 2 is 2.17 bits per heavy atom. The van der Waals surface area contributed by atoms with Crippen LogP contribution in [-0.2, 0) is 13.5 Å². The summed E-state index contributed by atoms with van der Waals surface area (Å²) in [6, 6.07) is 6.53. The normalized spacial score (nSPS) is 12.6. The number of pyridine rings is 1. The molecule has 2 heterocycles. The van der Waals surface area contributed by atoms with Gasteiger partial charge in [0, 0.05) is 37.6 Å². The molecule has 0 saturated heterocycles. The Kier molecular flexibility index (Phi) is 4.10. The maximum atomic E-state index is 4.43. The van der Waals surface area contributed by atoms with Gasteiger partial charge in [0.1, 0.15) is 0 Å². The molecule has 0 saturated carbocycles. The number of nitrogens with one attached hydrogen (secondary N) is 1. The van der Waals surface area contributed by atoms with E-state index in [0.717, 1.165) is 24.4 Å². The summed E-state index contributed by atoms with van der Waals surface area (Å²) in [5.41, 5.74) is 3.36. The number of rotatable bonds is 5. The molecule has 1 atom stereocenters. The van der Waals surface area contributed by atoms with E-state index in [-0.39, 0.29) is 6.04 Å². The molecular weight excluding hydrogens is 224 g/mol. The first-order valence-electron chi connectivity index (χ1n) is 6.33. The molecule has 1 N–H and O–H groups in total. The van der Waals surface area contributed by atoms with E-state index in [1.165, 1.54) is 5.56 Å². The van der Waals surface area contributed by atoms with Crippen LogP contribution in [0.4, 0.5) is 0 Å². The molecule has 4 nitrogen and oxygen atoms in total. The number of nitrogens with zero attached hydrogens (tertiary/aromatic N) is 3. The van der Waals surface area contributed by atoms with Crippen molar-refractivity contribution in [3.63, 3.8) is 0 Å². The third-order valence-electron chi connectivity index (χ3n) is 2.97. The lowest BCUT2D eigenvalue weighted by Gasteiger charge is -2.17. The molecular formula is C14H20N4. The fourth-order valence-electron chi connectivity index (χ4n) is 2.02. The van der Waals surface area contributed by atoms with Crippen LogP contribution in [0.3, 0.4) is 0 Å². The van der Waals surface area contributed by atoms with Crippen LogP contribution in [0.5, 0.6) is 0 Å². The van der Waals surface area contributed by atoms with Crippen molar-refractivity contribution in [2.75, 3.05) is 6.54 Å². The standard InChI is InChI=1S/C14H20N4/c1-4-15-14(9-13-7-8-18(3)17-13)12-6-5-11(2)16-10-12/h5-8,10,14-15H,4,9H2,1-3H3. The van der Waals surface area contributed by atoms with E-state index in [2.05, 4.69) is 40.5 Å². The summed E-state index contributed by atoms with van der Waals surface area (Å²) in [7, 11) is 1.94. The van der Waals surface area contributed by atoms with Crippen LogP contribution in [0.15, 0.2) is 30.6 Å². The molecule has 0 aromatic carbocycles. The van der Waals surface area contributed by atoms with Crippen LogP contribution in [0.2, 0.25) is 0 Å². The zero-order valence-corrected chi connectivity index (χ0v) is 11.2. The van der Waals surface area contributed by atoms with Gasteiger partial charge in [0.2, 0.25) is 0 Å². The van der Waals surface area contributed by atoms with Crippen molar-refractivity contribution in [1.82, 2.24) is 20.1 Å². The van der Waals surface area contributed by atoms with Crippen molar-refractivity contribution >= 4 is 0 Å². The van der Waals surface area contributed by atoms with Crippen molar-refractivity contribution in [2.45, 2.75) is 26.3 Å². The third kappa shape index (κ3) is 3.17. The minimum Gasteiger partial charge on any atom is -0.310 e. The monoisotopic (exact) mass is 244 g/mol. The summed E-state index contributed by atoms with van der Waals surface area (Å²) in [5, 5.41) is 7.92. The van der Waals surface area contributed by atoms with Gasteiger partial charge < -0.3 is 5.32 Å². The molecule has 0 fully saturated rings. The smallest absolute Gasteiger partial charge is 0.0643 e. The van der Waals surface area contributed by atoms with E-state index in [9.17, 15) is 0 Å². The summed E-state index contributed by atoms with van der Waals surface area (Å²) < 4.78 is 1.84. The van der Waals surface area contributed by atoms with Crippen molar-refractivity contribution in [3.8, 4) is 0 Å². The molecule has 0 spiro atoms. The average molecular weight is 244 g/mol. The second kappa shape index (κ2) is 5.78. The van der Waals surface area contributed by atoms with Crippen LogP contribution < -0.4 is 5.32 Å². The molecule has 1 unspecified atom stereocenters. The van der Waals surface area contributed by atoms with E-state index in [1.54, 1.807) is 0 Å². The van der Waals surface area contributed by atoms with Gasteiger partial charge in [-0.2, -0.15) is 5.10 Å². The number of aryl methyl sites for hydroxylation is 2. The van der Waals surface area contributed by atoms with Crippen LogP contribution >= 0.6 is 0 Å². The molecule has 0 amide bonds. The van der Waals surface area contributed by atoms with Crippen LogP contribution in [0.1, 0.15) is 29.9 Å². The molecule has 18 heavy (non-hydrogen) atoms. The summed E-state index contributed by atoms with van der Waals surface area (Å²) in [4.78, 5) is 4.36. The molecule has 0 aliphatic carbocycles. The highest BCUT2D eigenvalue weighted by molar-refractivity contribution is 5.19. The second-order valence-corrected chi connectivity index (χ2v) is 4.53. The minimum atomic E-state index is 0.276. The van der Waals surface area contributed by atoms with E-state index in [1.807, 2.05) is 31.0 Å². The maximum absolute atomic E-state index is 4.43. The minimum absolute atomic E-state index is 0.276. The Hall–Kier alpha value is -1.68. The third-order valence-corrected chi connectivity index (χ3v) is 2.97. The van der Waals surface area contributed by atoms with Crippen molar-refractivity contribution < 1.29 is 0 Å². The van der Waals surface area contributed by atoms with Crippen molar-refractivity contribution in [2.24, 2.45) is 7.05 Å². The molecule has 2 rings (SSSR count). The Morgan fingerprint density at radius 1 is 1.33 bits per heavy atom. The lowest BCUT2D eigenvalue weighted by Crippen LogP contribution is -2.23. The summed E-state index contributed by atoms with van der Waals surface area (Å²) in [5.74, 6) is 0. The highest BCUT2D eigenvalue weighted by atomic mass is 15.2. The predicted molar refractivity (Wildman–Crippen MR) is 72.3 cm³/mol. The lowest BCUT2D eigenvalue weighted by atomic mass is 10.0. The van der Waals surface area contributed by atoms with Gasteiger partial charge in [0.15, 0.2) is 0 Å². The Balaban J connectivity index is 2.14. The molecule has 0 radical (unpaired) electrons. The second-order valence-electron chi connectivity index (χ2n) is 4.53. The topological polar surface area (TPSA) is 42.7 Å². The maximum Gasteiger partial charge on any atom is 0.0643 e. The van der Waals surface area contributed by atoms with Crippen LogP contribution in [-0.4, -0.2) is 21.3 Å². The average Bonchev–Trinajstić information content (AvgIpc) is 2.75. The van der Waals surface area contributed by atoms with Crippen LogP contribution in [0.25, 0.3) is 0 Å². The Bertz CT molecular complexity index is 487. The largest absolute Gasteiger partial charge is 0.310 e. The van der Waals surface area contributed by atoms with Gasteiger partial charge in [-0.1, -0.05) is 13.0 Å². The molecule has 2 aromatic heterocycles.